The summed E-state index contributed by atoms with van der Waals surface area (Å²) in [5.74, 6) is -4.63. The molecule has 0 bridgehead atoms. The number of thiazole rings is 1. The van der Waals surface area contributed by atoms with Crippen molar-refractivity contribution in [3.8, 4) is 0 Å². The fraction of sp³-hybridized carbons (Fsp3) is 0.235. The van der Waals surface area contributed by atoms with Crippen molar-refractivity contribution in [1.82, 2.24) is 4.40 Å². The van der Waals surface area contributed by atoms with E-state index >= 15 is 8.78 Å². The number of hydrogen-bond donors (Lipinski definition) is 0. The van der Waals surface area contributed by atoms with Crippen molar-refractivity contribution in [3.05, 3.63) is 122 Å². The lowest BCUT2D eigenvalue weighted by Crippen LogP contribution is -2.29. The Balaban J connectivity index is 1.52. The summed E-state index contributed by atoms with van der Waals surface area (Å²) >= 11 is 0.946. The second-order valence-electron chi connectivity index (χ2n) is 10.7. The molecule has 6 rings (SSSR count). The second-order valence-corrected chi connectivity index (χ2v) is 11.6. The highest BCUT2D eigenvalue weighted by atomic mass is 32.1. The second kappa shape index (κ2) is 11.9. The molecule has 0 spiro atoms. The molecular formula is C34H27F2NO7S. The first-order valence-electron chi connectivity index (χ1n) is 14.3. The predicted molar refractivity (Wildman–Crippen MR) is 162 cm³/mol. The number of carbonyl (C=O) groups excluding carboxylic acids is 3. The monoisotopic (exact) mass is 631 g/mol. The lowest BCUT2D eigenvalue weighted by molar-refractivity contribution is -0.151. The highest BCUT2D eigenvalue weighted by Crippen LogP contribution is 2.53. The van der Waals surface area contributed by atoms with E-state index < -0.39 is 63.0 Å². The van der Waals surface area contributed by atoms with Gasteiger partial charge in [0.2, 0.25) is 5.43 Å². The predicted octanol–water partition coefficient (Wildman–Crippen LogP) is 6.40. The highest BCUT2D eigenvalue weighted by molar-refractivity contribution is 7.16. The molecule has 1 aliphatic carbocycles. The van der Waals surface area contributed by atoms with Crippen LogP contribution in [-0.2, 0) is 35.8 Å². The van der Waals surface area contributed by atoms with Crippen molar-refractivity contribution >= 4 is 45.0 Å². The van der Waals surface area contributed by atoms with Crippen molar-refractivity contribution in [3.63, 3.8) is 0 Å². The molecule has 1 aliphatic rings. The van der Waals surface area contributed by atoms with Gasteiger partial charge in [0.25, 0.3) is 0 Å². The maximum atomic E-state index is 16.8. The first-order valence-corrected chi connectivity index (χ1v) is 15.1. The van der Waals surface area contributed by atoms with Gasteiger partial charge in [-0.25, -0.2) is 13.6 Å². The van der Waals surface area contributed by atoms with Crippen LogP contribution in [0.3, 0.4) is 0 Å². The normalized spacial score (nSPS) is 13.6. The fourth-order valence-corrected chi connectivity index (χ4v) is 6.62. The number of ether oxygens (including phenoxy) is 3. The minimum absolute atomic E-state index is 0.0326. The number of benzene rings is 3. The molecule has 11 heteroatoms. The van der Waals surface area contributed by atoms with Gasteiger partial charge in [0.1, 0.15) is 22.8 Å². The summed E-state index contributed by atoms with van der Waals surface area (Å²) < 4.78 is 50.4. The van der Waals surface area contributed by atoms with E-state index in [2.05, 4.69) is 0 Å². The quantitative estimate of drug-likeness (QED) is 0.137. The Labute approximate surface area is 259 Å². The average Bonchev–Trinajstić information content (AvgIpc) is 3.73. The van der Waals surface area contributed by atoms with E-state index in [4.69, 9.17) is 14.2 Å². The third-order valence-corrected chi connectivity index (χ3v) is 8.85. The van der Waals surface area contributed by atoms with Crippen molar-refractivity contribution < 1.29 is 37.4 Å². The number of pyridine rings is 1. The van der Waals surface area contributed by atoms with Crippen LogP contribution < -0.4 is 5.43 Å². The van der Waals surface area contributed by atoms with Gasteiger partial charge in [0.15, 0.2) is 11.9 Å². The van der Waals surface area contributed by atoms with E-state index in [1.54, 1.807) is 55.5 Å². The van der Waals surface area contributed by atoms with Crippen LogP contribution in [0.5, 0.6) is 0 Å². The van der Waals surface area contributed by atoms with Gasteiger partial charge in [-0.1, -0.05) is 60.7 Å². The molecule has 0 N–H and O–H groups in total. The smallest absolute Gasteiger partial charge is 0.345 e. The summed E-state index contributed by atoms with van der Waals surface area (Å²) in [7, 11) is 0. The fourth-order valence-electron chi connectivity index (χ4n) is 5.59. The van der Waals surface area contributed by atoms with Gasteiger partial charge >= 0.3 is 17.9 Å². The largest absolute Gasteiger partial charge is 0.462 e. The topological polar surface area (TPSA) is 100 Å². The zero-order valence-electron chi connectivity index (χ0n) is 24.3. The number of aromatic nitrogens is 1. The van der Waals surface area contributed by atoms with Crippen LogP contribution in [0.1, 0.15) is 65.5 Å². The van der Waals surface area contributed by atoms with Crippen molar-refractivity contribution in [2.45, 2.75) is 44.8 Å². The van der Waals surface area contributed by atoms with E-state index in [9.17, 15) is 19.2 Å². The summed E-state index contributed by atoms with van der Waals surface area (Å²) in [6, 6.07) is 18.9. The molecule has 1 saturated carbocycles. The third kappa shape index (κ3) is 5.27. The van der Waals surface area contributed by atoms with Gasteiger partial charge in [-0.3, -0.25) is 18.8 Å². The molecule has 0 aliphatic heterocycles. The maximum absolute atomic E-state index is 16.8. The van der Waals surface area contributed by atoms with Crippen LogP contribution in [0, 0.1) is 11.6 Å². The van der Waals surface area contributed by atoms with Crippen LogP contribution in [-0.4, -0.2) is 28.9 Å². The molecule has 2 aromatic heterocycles. The molecule has 230 valence electrons. The number of carbonyl (C=O) groups is 3. The average molecular weight is 632 g/mol. The summed E-state index contributed by atoms with van der Waals surface area (Å²) in [5.41, 5.74) is -2.24. The Hall–Kier alpha value is -4.90. The summed E-state index contributed by atoms with van der Waals surface area (Å²) in [4.78, 5) is 52.0. The molecular weight excluding hydrogens is 604 g/mol. The third-order valence-electron chi connectivity index (χ3n) is 7.85. The van der Waals surface area contributed by atoms with Gasteiger partial charge < -0.3 is 14.2 Å². The van der Waals surface area contributed by atoms with E-state index in [-0.39, 0.29) is 42.1 Å². The molecule has 1 fully saturated rings. The van der Waals surface area contributed by atoms with E-state index in [1.165, 1.54) is 16.7 Å². The molecule has 2 heterocycles. The number of halogens is 2. The molecule has 5 aromatic rings. The SMILES string of the molecule is CCOC(=O)c1c(=O)c2cc(F)c(C3(C(=O)OC(c4ccccc4)c4ccccc4)CC3)c(F)c2n2c(COC(C)=O)csc12. The molecule has 8 nitrogen and oxygen atoms in total. The lowest BCUT2D eigenvalue weighted by atomic mass is 9.92. The van der Waals surface area contributed by atoms with Crippen molar-refractivity contribution in [2.24, 2.45) is 0 Å². The van der Waals surface area contributed by atoms with Crippen molar-refractivity contribution in [1.29, 1.82) is 0 Å². The molecule has 0 saturated heterocycles. The Morgan fingerprint density at radius 3 is 2.16 bits per heavy atom. The van der Waals surface area contributed by atoms with Crippen LogP contribution in [0.15, 0.2) is 76.9 Å². The highest BCUT2D eigenvalue weighted by Gasteiger charge is 2.57. The van der Waals surface area contributed by atoms with Crippen LogP contribution in [0.4, 0.5) is 8.78 Å². The molecule has 45 heavy (non-hydrogen) atoms. The van der Waals surface area contributed by atoms with Crippen LogP contribution in [0.25, 0.3) is 15.7 Å². The van der Waals surface area contributed by atoms with Crippen molar-refractivity contribution in [2.75, 3.05) is 6.61 Å². The van der Waals surface area contributed by atoms with Crippen LogP contribution in [0.2, 0.25) is 0 Å². The minimum Gasteiger partial charge on any atom is -0.462 e. The molecule has 0 radical (unpaired) electrons. The van der Waals surface area contributed by atoms with Crippen LogP contribution >= 0.6 is 11.3 Å². The van der Waals surface area contributed by atoms with Gasteiger partial charge in [-0.15, -0.1) is 11.3 Å². The zero-order valence-corrected chi connectivity index (χ0v) is 25.1. The standard InChI is InChI=1S/C34H27F2NO7S/c1-3-42-32(40)25-29(39)23-16-24(35)26(27(36)28(23)37-22(17-43-19(2)38)18-45-31(25)37)34(14-15-34)33(41)44-30(20-10-6-4-7-11-20)21-12-8-5-9-13-21/h4-13,16,18,30H,3,14-15,17H2,1-2H3. The van der Waals surface area contributed by atoms with Gasteiger partial charge in [-0.05, 0) is 37.0 Å². The summed E-state index contributed by atoms with van der Waals surface area (Å²) in [6.07, 6.45) is -0.605. The Morgan fingerprint density at radius 2 is 1.60 bits per heavy atom. The molecule has 0 amide bonds. The first-order chi connectivity index (χ1) is 21.7. The number of rotatable bonds is 9. The van der Waals surface area contributed by atoms with E-state index in [1.807, 2.05) is 12.1 Å². The number of esters is 3. The number of nitrogens with zero attached hydrogens (tertiary/aromatic N) is 1. The van der Waals surface area contributed by atoms with E-state index in [0.717, 1.165) is 17.4 Å². The summed E-state index contributed by atoms with van der Waals surface area (Å²) in [6.45, 7) is 2.41. The van der Waals surface area contributed by atoms with Gasteiger partial charge in [0.05, 0.1) is 28.6 Å². The Morgan fingerprint density at radius 1 is 0.978 bits per heavy atom. The maximum Gasteiger partial charge on any atom is 0.345 e. The number of hydrogen-bond acceptors (Lipinski definition) is 8. The van der Waals surface area contributed by atoms with Gasteiger partial charge in [0, 0.05) is 17.9 Å². The van der Waals surface area contributed by atoms with Gasteiger partial charge in [-0.2, -0.15) is 0 Å². The lowest BCUT2D eigenvalue weighted by Gasteiger charge is -2.24. The molecule has 3 aromatic carbocycles. The Kier molecular flexibility index (Phi) is 7.96. The Bertz CT molecular complexity index is 1980. The number of fused-ring (bicyclic) bond motifs is 3. The molecule has 0 atom stereocenters. The first kappa shape index (κ1) is 30.1. The minimum atomic E-state index is -1.65. The zero-order chi connectivity index (χ0) is 31.9. The molecule has 0 unspecified atom stereocenters. The van der Waals surface area contributed by atoms with E-state index in [0.29, 0.717) is 11.1 Å². The summed E-state index contributed by atoms with van der Waals surface area (Å²) in [5, 5.41) is 1.08.